The van der Waals surface area contributed by atoms with Gasteiger partial charge >= 0.3 is 0 Å². The Morgan fingerprint density at radius 2 is 2.12 bits per heavy atom. The highest BCUT2D eigenvalue weighted by atomic mass is 15.4. The van der Waals surface area contributed by atoms with Crippen molar-refractivity contribution in [3.63, 3.8) is 0 Å². The van der Waals surface area contributed by atoms with Crippen molar-refractivity contribution in [1.29, 1.82) is 0 Å². The first-order valence-corrected chi connectivity index (χ1v) is 6.49. The van der Waals surface area contributed by atoms with Crippen molar-refractivity contribution in [2.24, 2.45) is 10.7 Å². The second-order valence-corrected chi connectivity index (χ2v) is 5.69. The standard InChI is InChI=1S/C12H22N4/c1-15-7-6-12(9-15)8-14-11(13)16(12)10-4-2-3-5-10/h10H,2-9H2,1H3,(H2,13,14). The lowest BCUT2D eigenvalue weighted by molar-refractivity contribution is 0.155. The van der Waals surface area contributed by atoms with E-state index in [1.165, 1.54) is 38.6 Å². The molecule has 0 amide bonds. The Morgan fingerprint density at radius 3 is 2.75 bits per heavy atom. The molecule has 1 aliphatic carbocycles. The number of rotatable bonds is 1. The molecule has 3 aliphatic rings. The lowest BCUT2D eigenvalue weighted by atomic mass is 9.95. The largest absolute Gasteiger partial charge is 0.370 e. The highest BCUT2D eigenvalue weighted by molar-refractivity contribution is 5.81. The van der Waals surface area contributed by atoms with Gasteiger partial charge < -0.3 is 15.5 Å². The molecule has 0 radical (unpaired) electrons. The first-order valence-electron chi connectivity index (χ1n) is 6.49. The van der Waals surface area contributed by atoms with E-state index < -0.39 is 0 Å². The monoisotopic (exact) mass is 222 g/mol. The summed E-state index contributed by atoms with van der Waals surface area (Å²) in [7, 11) is 2.20. The lowest BCUT2D eigenvalue weighted by Crippen LogP contribution is -2.56. The van der Waals surface area contributed by atoms with E-state index in [1.54, 1.807) is 0 Å². The second-order valence-electron chi connectivity index (χ2n) is 5.69. The number of likely N-dealkylation sites (tertiary alicyclic amines) is 1. The van der Waals surface area contributed by atoms with Crippen molar-refractivity contribution in [2.75, 3.05) is 26.7 Å². The van der Waals surface area contributed by atoms with Gasteiger partial charge in [-0.25, -0.2) is 0 Å². The maximum Gasteiger partial charge on any atom is 0.192 e. The van der Waals surface area contributed by atoms with Crippen LogP contribution in [-0.4, -0.2) is 54.0 Å². The Balaban J connectivity index is 1.84. The number of nitrogens with two attached hydrogens (primary N) is 1. The van der Waals surface area contributed by atoms with Crippen LogP contribution < -0.4 is 5.73 Å². The van der Waals surface area contributed by atoms with Crippen LogP contribution in [0, 0.1) is 0 Å². The molecular formula is C12H22N4. The minimum absolute atomic E-state index is 0.244. The summed E-state index contributed by atoms with van der Waals surface area (Å²) in [6, 6.07) is 0.665. The number of nitrogens with zero attached hydrogens (tertiary/aromatic N) is 3. The molecule has 4 nitrogen and oxygen atoms in total. The molecule has 1 atom stereocenters. The van der Waals surface area contributed by atoms with Crippen LogP contribution in [0.1, 0.15) is 32.1 Å². The molecule has 1 saturated heterocycles. The Bertz CT molecular complexity index is 308. The van der Waals surface area contributed by atoms with Gasteiger partial charge in [0.2, 0.25) is 0 Å². The Kier molecular flexibility index (Phi) is 2.35. The second kappa shape index (κ2) is 3.62. The van der Waals surface area contributed by atoms with Crippen LogP contribution in [0.4, 0.5) is 0 Å². The van der Waals surface area contributed by atoms with Crippen LogP contribution in [0.2, 0.25) is 0 Å². The molecule has 0 aromatic heterocycles. The van der Waals surface area contributed by atoms with E-state index in [-0.39, 0.29) is 5.54 Å². The summed E-state index contributed by atoms with van der Waals surface area (Å²) < 4.78 is 0. The summed E-state index contributed by atoms with van der Waals surface area (Å²) >= 11 is 0. The molecule has 0 aromatic rings. The van der Waals surface area contributed by atoms with Gasteiger partial charge in [0.15, 0.2) is 5.96 Å². The minimum Gasteiger partial charge on any atom is -0.370 e. The van der Waals surface area contributed by atoms with E-state index in [0.717, 1.165) is 19.0 Å². The van der Waals surface area contributed by atoms with Gasteiger partial charge in [-0.3, -0.25) is 4.99 Å². The zero-order valence-electron chi connectivity index (χ0n) is 10.2. The summed E-state index contributed by atoms with van der Waals surface area (Å²) in [5.74, 6) is 0.808. The summed E-state index contributed by atoms with van der Waals surface area (Å²) in [5.41, 5.74) is 6.36. The van der Waals surface area contributed by atoms with Gasteiger partial charge in [0.25, 0.3) is 0 Å². The van der Waals surface area contributed by atoms with Gasteiger partial charge in [-0.15, -0.1) is 0 Å². The summed E-state index contributed by atoms with van der Waals surface area (Å²) in [5, 5.41) is 0. The smallest absolute Gasteiger partial charge is 0.192 e. The average molecular weight is 222 g/mol. The lowest BCUT2D eigenvalue weighted by Gasteiger charge is -2.40. The fourth-order valence-electron chi connectivity index (χ4n) is 3.75. The first kappa shape index (κ1) is 10.4. The van der Waals surface area contributed by atoms with E-state index in [9.17, 15) is 0 Å². The van der Waals surface area contributed by atoms with Gasteiger partial charge in [-0.05, 0) is 26.3 Å². The van der Waals surface area contributed by atoms with Gasteiger partial charge in [-0.1, -0.05) is 12.8 Å². The SMILES string of the molecule is CN1CCC2(CN=C(N)N2C2CCCC2)C1. The molecule has 1 unspecified atom stereocenters. The Morgan fingerprint density at radius 1 is 1.38 bits per heavy atom. The normalized spacial score (nSPS) is 36.6. The first-order chi connectivity index (χ1) is 7.71. The summed E-state index contributed by atoms with van der Waals surface area (Å²) in [6.07, 6.45) is 6.56. The van der Waals surface area contributed by atoms with E-state index in [4.69, 9.17) is 5.73 Å². The topological polar surface area (TPSA) is 44.9 Å². The van der Waals surface area contributed by atoms with Crippen LogP contribution in [0.5, 0.6) is 0 Å². The molecule has 1 spiro atoms. The van der Waals surface area contributed by atoms with Gasteiger partial charge in [0, 0.05) is 19.1 Å². The third-order valence-electron chi connectivity index (χ3n) is 4.51. The Hall–Kier alpha value is -0.770. The van der Waals surface area contributed by atoms with Crippen LogP contribution in [0.3, 0.4) is 0 Å². The van der Waals surface area contributed by atoms with Crippen LogP contribution in [0.25, 0.3) is 0 Å². The van der Waals surface area contributed by atoms with Crippen LogP contribution in [-0.2, 0) is 0 Å². The number of likely N-dealkylation sites (N-methyl/N-ethyl adjacent to an activating group) is 1. The fourth-order valence-corrected chi connectivity index (χ4v) is 3.75. The van der Waals surface area contributed by atoms with Gasteiger partial charge in [0.1, 0.15) is 0 Å². The highest BCUT2D eigenvalue weighted by Gasteiger charge is 2.49. The number of hydrogen-bond acceptors (Lipinski definition) is 4. The van der Waals surface area contributed by atoms with Crippen molar-refractivity contribution >= 4 is 5.96 Å². The van der Waals surface area contributed by atoms with E-state index >= 15 is 0 Å². The van der Waals surface area contributed by atoms with E-state index in [2.05, 4.69) is 21.8 Å². The third kappa shape index (κ3) is 1.43. The number of hydrogen-bond donors (Lipinski definition) is 1. The van der Waals surface area contributed by atoms with Crippen LogP contribution in [0.15, 0.2) is 4.99 Å². The minimum atomic E-state index is 0.244. The highest BCUT2D eigenvalue weighted by Crippen LogP contribution is 2.37. The maximum absolute atomic E-state index is 6.12. The zero-order chi connectivity index (χ0) is 11.2. The molecule has 3 rings (SSSR count). The quantitative estimate of drug-likeness (QED) is 0.708. The van der Waals surface area contributed by atoms with Crippen LogP contribution >= 0.6 is 0 Å². The number of aliphatic imine (C=N–C) groups is 1. The number of guanidine groups is 1. The molecule has 0 aromatic carbocycles. The van der Waals surface area contributed by atoms with E-state index in [0.29, 0.717) is 6.04 Å². The molecule has 2 heterocycles. The molecular weight excluding hydrogens is 200 g/mol. The van der Waals surface area contributed by atoms with Crippen molar-refractivity contribution in [3.05, 3.63) is 0 Å². The zero-order valence-corrected chi connectivity index (χ0v) is 10.2. The summed E-state index contributed by atoms with van der Waals surface area (Å²) in [4.78, 5) is 9.41. The molecule has 90 valence electrons. The average Bonchev–Trinajstić information content (AvgIpc) is 2.92. The fraction of sp³-hybridized carbons (Fsp3) is 0.917. The van der Waals surface area contributed by atoms with E-state index in [1.807, 2.05) is 0 Å². The molecule has 16 heavy (non-hydrogen) atoms. The van der Waals surface area contributed by atoms with Gasteiger partial charge in [0.05, 0.1) is 12.1 Å². The maximum atomic E-state index is 6.12. The predicted octanol–water partition coefficient (Wildman–Crippen LogP) is 0.634. The molecule has 2 fully saturated rings. The predicted molar refractivity (Wildman–Crippen MR) is 65.4 cm³/mol. The third-order valence-corrected chi connectivity index (χ3v) is 4.51. The molecule has 0 bridgehead atoms. The Labute approximate surface area is 97.5 Å². The van der Waals surface area contributed by atoms with Crippen molar-refractivity contribution < 1.29 is 0 Å². The molecule has 1 saturated carbocycles. The molecule has 2 aliphatic heterocycles. The van der Waals surface area contributed by atoms with Gasteiger partial charge in [-0.2, -0.15) is 0 Å². The van der Waals surface area contributed by atoms with Crippen molar-refractivity contribution in [2.45, 2.75) is 43.7 Å². The van der Waals surface area contributed by atoms with Crippen molar-refractivity contribution in [3.8, 4) is 0 Å². The molecule has 2 N–H and O–H groups in total. The van der Waals surface area contributed by atoms with Crippen molar-refractivity contribution in [1.82, 2.24) is 9.80 Å². The molecule has 4 heteroatoms. The summed E-state index contributed by atoms with van der Waals surface area (Å²) in [6.45, 7) is 3.24.